The number of benzene rings is 1. The van der Waals surface area contributed by atoms with Gasteiger partial charge in [-0.25, -0.2) is 0 Å². The number of carboxylic acid groups (broad SMARTS) is 1. The second-order valence-electron chi connectivity index (χ2n) is 4.91. The van der Waals surface area contributed by atoms with Crippen LogP contribution in [0.15, 0.2) is 24.3 Å². The third kappa shape index (κ3) is 6.92. The Morgan fingerprint density at radius 1 is 1.05 bits per heavy atom. The van der Waals surface area contributed by atoms with Crippen molar-refractivity contribution < 1.29 is 14.7 Å². The molecule has 0 saturated carbocycles. The number of unbranched alkanes of at least 4 members (excludes halogenated alkanes) is 1. The van der Waals surface area contributed by atoms with Gasteiger partial charge in [0.15, 0.2) is 0 Å². The van der Waals surface area contributed by atoms with Gasteiger partial charge in [0.1, 0.15) is 0 Å². The minimum Gasteiger partial charge on any atom is -0.481 e. The Kier molecular flexibility index (Phi) is 7.40. The van der Waals surface area contributed by atoms with Gasteiger partial charge in [-0.05, 0) is 30.4 Å². The van der Waals surface area contributed by atoms with Crippen LogP contribution in [-0.4, -0.2) is 23.5 Å². The van der Waals surface area contributed by atoms with Crippen molar-refractivity contribution in [3.8, 4) is 0 Å². The molecular formula is C16H23NO3. The van der Waals surface area contributed by atoms with E-state index in [0.717, 1.165) is 12.0 Å². The fourth-order valence-corrected chi connectivity index (χ4v) is 1.91. The maximum Gasteiger partial charge on any atom is 0.305 e. The summed E-state index contributed by atoms with van der Waals surface area (Å²) in [6.07, 6.45) is 4.55. The van der Waals surface area contributed by atoms with Crippen LogP contribution in [0, 0.1) is 0 Å². The minimum atomic E-state index is -0.895. The predicted molar refractivity (Wildman–Crippen MR) is 78.6 cm³/mol. The van der Waals surface area contributed by atoms with Gasteiger partial charge < -0.3 is 10.4 Å². The first-order valence-electron chi connectivity index (χ1n) is 7.18. The van der Waals surface area contributed by atoms with Crippen LogP contribution in [0.4, 0.5) is 0 Å². The van der Waals surface area contributed by atoms with Crippen LogP contribution in [0.2, 0.25) is 0 Å². The van der Waals surface area contributed by atoms with E-state index in [2.05, 4.69) is 36.5 Å². The van der Waals surface area contributed by atoms with Crippen molar-refractivity contribution >= 4 is 11.9 Å². The molecule has 110 valence electrons. The number of amides is 1. The van der Waals surface area contributed by atoms with Crippen LogP contribution in [0.1, 0.15) is 43.7 Å². The van der Waals surface area contributed by atoms with Crippen LogP contribution in [0.5, 0.6) is 0 Å². The van der Waals surface area contributed by atoms with Gasteiger partial charge in [0, 0.05) is 13.0 Å². The van der Waals surface area contributed by atoms with E-state index in [0.29, 0.717) is 12.8 Å². The highest BCUT2D eigenvalue weighted by atomic mass is 16.4. The summed E-state index contributed by atoms with van der Waals surface area (Å²) in [4.78, 5) is 21.8. The number of nitrogens with one attached hydrogen (secondary N) is 1. The maximum atomic E-state index is 11.5. The zero-order valence-electron chi connectivity index (χ0n) is 12.0. The second kappa shape index (κ2) is 9.13. The highest BCUT2D eigenvalue weighted by Crippen LogP contribution is 2.09. The van der Waals surface area contributed by atoms with Crippen LogP contribution in [0.25, 0.3) is 0 Å². The van der Waals surface area contributed by atoms with E-state index in [9.17, 15) is 9.59 Å². The normalized spacial score (nSPS) is 10.2. The number of carbonyl (C=O) groups excluding carboxylic acids is 1. The second-order valence-corrected chi connectivity index (χ2v) is 4.91. The number of carbonyl (C=O) groups is 2. The topological polar surface area (TPSA) is 66.4 Å². The number of carboxylic acids is 1. The lowest BCUT2D eigenvalue weighted by Gasteiger charge is -2.05. The van der Waals surface area contributed by atoms with Crippen LogP contribution < -0.4 is 5.32 Å². The van der Waals surface area contributed by atoms with Crippen LogP contribution >= 0.6 is 0 Å². The summed E-state index contributed by atoms with van der Waals surface area (Å²) in [5, 5.41) is 11.1. The van der Waals surface area contributed by atoms with Gasteiger partial charge in [-0.3, -0.25) is 9.59 Å². The molecule has 0 spiro atoms. The first-order chi connectivity index (χ1) is 9.61. The highest BCUT2D eigenvalue weighted by Gasteiger charge is 2.03. The Morgan fingerprint density at radius 2 is 1.65 bits per heavy atom. The molecule has 20 heavy (non-hydrogen) atoms. The summed E-state index contributed by atoms with van der Waals surface area (Å²) >= 11 is 0. The monoisotopic (exact) mass is 277 g/mol. The number of aliphatic carboxylic acids is 1. The minimum absolute atomic E-state index is 0.0299. The van der Waals surface area contributed by atoms with Gasteiger partial charge in [-0.1, -0.05) is 37.6 Å². The third-order valence-electron chi connectivity index (χ3n) is 3.14. The SMILES string of the molecule is CCCCc1ccc(CCC(=O)NCCC(=O)O)cc1. The highest BCUT2D eigenvalue weighted by molar-refractivity contribution is 5.77. The lowest BCUT2D eigenvalue weighted by Crippen LogP contribution is -2.26. The molecule has 1 aromatic carbocycles. The van der Waals surface area contributed by atoms with Gasteiger partial charge in [0.25, 0.3) is 0 Å². The predicted octanol–water partition coefficient (Wildman–Crippen LogP) is 2.55. The van der Waals surface area contributed by atoms with E-state index >= 15 is 0 Å². The zero-order chi connectivity index (χ0) is 14.8. The first-order valence-corrected chi connectivity index (χ1v) is 7.18. The molecule has 4 heteroatoms. The zero-order valence-corrected chi connectivity index (χ0v) is 12.0. The molecule has 0 bridgehead atoms. The van der Waals surface area contributed by atoms with Crippen LogP contribution in [0.3, 0.4) is 0 Å². The van der Waals surface area contributed by atoms with Gasteiger partial charge in [0.2, 0.25) is 5.91 Å². The number of hydrogen-bond acceptors (Lipinski definition) is 2. The van der Waals surface area contributed by atoms with Gasteiger partial charge in [-0.2, -0.15) is 0 Å². The van der Waals surface area contributed by atoms with Crippen molar-refractivity contribution in [1.82, 2.24) is 5.32 Å². The van der Waals surface area contributed by atoms with E-state index in [1.807, 2.05) is 0 Å². The Labute approximate surface area is 120 Å². The molecular weight excluding hydrogens is 254 g/mol. The molecule has 0 aliphatic carbocycles. The van der Waals surface area contributed by atoms with Crippen molar-refractivity contribution in [3.63, 3.8) is 0 Å². The number of aryl methyl sites for hydroxylation is 2. The van der Waals surface area contributed by atoms with Crippen molar-refractivity contribution in [3.05, 3.63) is 35.4 Å². The summed E-state index contributed by atoms with van der Waals surface area (Å²) in [5.41, 5.74) is 2.47. The molecule has 0 aromatic heterocycles. The van der Waals surface area contributed by atoms with E-state index in [1.165, 1.54) is 18.4 Å². The van der Waals surface area contributed by atoms with E-state index < -0.39 is 5.97 Å². The first kappa shape index (κ1) is 16.2. The molecule has 0 radical (unpaired) electrons. The Bertz CT molecular complexity index is 426. The van der Waals surface area contributed by atoms with Gasteiger partial charge in [-0.15, -0.1) is 0 Å². The molecule has 2 N–H and O–H groups in total. The van der Waals surface area contributed by atoms with Crippen molar-refractivity contribution in [2.45, 2.75) is 45.4 Å². The summed E-state index contributed by atoms with van der Waals surface area (Å²) in [6.45, 7) is 2.38. The van der Waals surface area contributed by atoms with Crippen molar-refractivity contribution in [1.29, 1.82) is 0 Å². The quantitative estimate of drug-likeness (QED) is 0.729. The van der Waals surface area contributed by atoms with Gasteiger partial charge >= 0.3 is 5.97 Å². The Morgan fingerprint density at radius 3 is 2.20 bits per heavy atom. The summed E-state index contributed by atoms with van der Waals surface area (Å²) < 4.78 is 0. The summed E-state index contributed by atoms with van der Waals surface area (Å²) in [6, 6.07) is 8.37. The molecule has 4 nitrogen and oxygen atoms in total. The fraction of sp³-hybridized carbons (Fsp3) is 0.500. The molecule has 0 aliphatic heterocycles. The van der Waals surface area contributed by atoms with E-state index in [-0.39, 0.29) is 18.9 Å². The van der Waals surface area contributed by atoms with Crippen LogP contribution in [-0.2, 0) is 22.4 Å². The molecule has 0 aliphatic rings. The number of hydrogen-bond donors (Lipinski definition) is 2. The lowest BCUT2D eigenvalue weighted by molar-refractivity contribution is -0.136. The fourth-order valence-electron chi connectivity index (χ4n) is 1.91. The molecule has 1 rings (SSSR count). The standard InChI is InChI=1S/C16H23NO3/c1-2-3-4-13-5-7-14(8-6-13)9-10-15(18)17-12-11-16(19)20/h5-8H,2-4,9-12H2,1H3,(H,17,18)(H,19,20). The van der Waals surface area contributed by atoms with Gasteiger partial charge in [0.05, 0.1) is 6.42 Å². The molecule has 1 aromatic rings. The molecule has 0 atom stereocenters. The van der Waals surface area contributed by atoms with E-state index in [4.69, 9.17) is 5.11 Å². The molecule has 0 saturated heterocycles. The van der Waals surface area contributed by atoms with Crippen molar-refractivity contribution in [2.75, 3.05) is 6.54 Å². The smallest absolute Gasteiger partial charge is 0.305 e. The van der Waals surface area contributed by atoms with E-state index in [1.54, 1.807) is 0 Å². The van der Waals surface area contributed by atoms with Crippen molar-refractivity contribution in [2.24, 2.45) is 0 Å². The average molecular weight is 277 g/mol. The Hall–Kier alpha value is -1.84. The molecule has 0 fully saturated rings. The Balaban J connectivity index is 2.27. The summed E-state index contributed by atoms with van der Waals surface area (Å²) in [5.74, 6) is -0.991. The largest absolute Gasteiger partial charge is 0.481 e. The number of rotatable bonds is 9. The maximum absolute atomic E-state index is 11.5. The average Bonchev–Trinajstić information content (AvgIpc) is 2.43. The summed E-state index contributed by atoms with van der Waals surface area (Å²) in [7, 11) is 0. The molecule has 0 unspecified atom stereocenters. The third-order valence-corrected chi connectivity index (χ3v) is 3.14. The lowest BCUT2D eigenvalue weighted by atomic mass is 10.0. The molecule has 1 amide bonds. The molecule has 0 heterocycles.